The Hall–Kier alpha value is -3.96. The predicted molar refractivity (Wildman–Crippen MR) is 108 cm³/mol. The molecule has 6 N–H and O–H groups in total. The van der Waals surface area contributed by atoms with Gasteiger partial charge in [0.25, 0.3) is 0 Å². The molecule has 4 rings (SSSR count). The zero-order chi connectivity index (χ0) is 22.0. The van der Waals surface area contributed by atoms with E-state index in [0.717, 1.165) is 0 Å². The standard InChI is InChI=1S/C22H18N4O4/c1-22(2)13-7-10(21(29)30)3-4-11(13)18(27)16-15-12(17(24)20(25)28)5-9(8-23)6-14(15)26-19(16)22/h3-7,17,26H,24H2,1-2H3,(H2,25,28)(H,29,30). The van der Waals surface area contributed by atoms with Gasteiger partial charge in [0.05, 0.1) is 22.8 Å². The van der Waals surface area contributed by atoms with Gasteiger partial charge in [0, 0.05) is 27.6 Å². The van der Waals surface area contributed by atoms with Crippen molar-refractivity contribution < 1.29 is 19.5 Å². The molecule has 1 aliphatic carbocycles. The van der Waals surface area contributed by atoms with E-state index in [9.17, 15) is 24.8 Å². The molecule has 1 unspecified atom stereocenters. The number of carbonyl (C=O) groups is 3. The Labute approximate surface area is 171 Å². The number of fused-ring (bicyclic) bond motifs is 4. The number of carboxylic acids is 1. The van der Waals surface area contributed by atoms with Crippen LogP contribution in [0, 0.1) is 11.3 Å². The summed E-state index contributed by atoms with van der Waals surface area (Å²) in [5.41, 5.74) is 13.7. The maximum absolute atomic E-state index is 13.5. The third-order valence-corrected chi connectivity index (χ3v) is 5.74. The van der Waals surface area contributed by atoms with Crippen LogP contribution in [0.1, 0.15) is 68.6 Å². The zero-order valence-electron chi connectivity index (χ0n) is 16.2. The summed E-state index contributed by atoms with van der Waals surface area (Å²) < 4.78 is 0. The molecule has 3 aromatic rings. The number of carbonyl (C=O) groups excluding carboxylic acids is 2. The third kappa shape index (κ3) is 2.53. The molecule has 8 nitrogen and oxygen atoms in total. The van der Waals surface area contributed by atoms with Gasteiger partial charge >= 0.3 is 5.97 Å². The zero-order valence-corrected chi connectivity index (χ0v) is 16.2. The second-order valence-electron chi connectivity index (χ2n) is 7.87. The van der Waals surface area contributed by atoms with Gasteiger partial charge in [-0.25, -0.2) is 4.79 Å². The van der Waals surface area contributed by atoms with Gasteiger partial charge in [-0.2, -0.15) is 5.26 Å². The number of aromatic nitrogens is 1. The molecule has 0 fully saturated rings. The fourth-order valence-corrected chi connectivity index (χ4v) is 4.18. The number of rotatable bonds is 3. The molecule has 0 spiro atoms. The lowest BCUT2D eigenvalue weighted by molar-refractivity contribution is -0.119. The molecule has 0 radical (unpaired) electrons. The maximum atomic E-state index is 13.5. The number of hydrogen-bond donors (Lipinski definition) is 4. The van der Waals surface area contributed by atoms with Gasteiger partial charge in [-0.3, -0.25) is 9.59 Å². The maximum Gasteiger partial charge on any atom is 0.335 e. The van der Waals surface area contributed by atoms with Crippen molar-refractivity contribution in [3.05, 3.63) is 69.4 Å². The largest absolute Gasteiger partial charge is 0.478 e. The van der Waals surface area contributed by atoms with Crippen molar-refractivity contribution in [3.63, 3.8) is 0 Å². The molecule has 1 aromatic heterocycles. The molecule has 0 saturated carbocycles. The minimum atomic E-state index is -1.20. The first-order valence-electron chi connectivity index (χ1n) is 9.15. The molecule has 30 heavy (non-hydrogen) atoms. The van der Waals surface area contributed by atoms with Crippen LogP contribution >= 0.6 is 0 Å². The van der Waals surface area contributed by atoms with Crippen LogP contribution < -0.4 is 11.5 Å². The predicted octanol–water partition coefficient (Wildman–Crippen LogP) is 2.09. The summed E-state index contributed by atoms with van der Waals surface area (Å²) in [6.45, 7) is 3.74. The second kappa shape index (κ2) is 6.27. The summed E-state index contributed by atoms with van der Waals surface area (Å²) in [6, 6.07) is 8.27. The van der Waals surface area contributed by atoms with Crippen molar-refractivity contribution in [1.82, 2.24) is 4.98 Å². The number of hydrogen-bond acceptors (Lipinski definition) is 5. The number of benzene rings is 2. The Morgan fingerprint density at radius 1 is 1.23 bits per heavy atom. The fourth-order valence-electron chi connectivity index (χ4n) is 4.18. The average molecular weight is 402 g/mol. The van der Waals surface area contributed by atoms with Gasteiger partial charge in [-0.15, -0.1) is 0 Å². The van der Waals surface area contributed by atoms with E-state index in [1.807, 2.05) is 19.9 Å². The lowest BCUT2D eigenvalue weighted by Gasteiger charge is -2.32. The van der Waals surface area contributed by atoms with E-state index in [4.69, 9.17) is 11.5 Å². The van der Waals surface area contributed by atoms with Gasteiger partial charge in [0.15, 0.2) is 5.78 Å². The molecule has 1 atom stereocenters. The number of H-pyrrole nitrogens is 1. The van der Waals surface area contributed by atoms with Crippen LogP contribution in [0.25, 0.3) is 10.9 Å². The number of aromatic amines is 1. The van der Waals surface area contributed by atoms with Crippen molar-refractivity contribution in [3.8, 4) is 6.07 Å². The molecular formula is C22H18N4O4. The van der Waals surface area contributed by atoms with E-state index < -0.39 is 23.3 Å². The molecule has 8 heteroatoms. The molecular weight excluding hydrogens is 384 g/mol. The highest BCUT2D eigenvalue weighted by Gasteiger charge is 2.41. The number of ketones is 1. The van der Waals surface area contributed by atoms with Crippen LogP contribution in [0.15, 0.2) is 30.3 Å². The Balaban J connectivity index is 2.10. The van der Waals surface area contributed by atoms with Crippen LogP contribution in [0.3, 0.4) is 0 Å². The van der Waals surface area contributed by atoms with Gasteiger partial charge in [0.2, 0.25) is 5.91 Å². The molecule has 0 saturated heterocycles. The Bertz CT molecular complexity index is 1330. The molecule has 1 aliphatic rings. The van der Waals surface area contributed by atoms with E-state index >= 15 is 0 Å². The van der Waals surface area contributed by atoms with Crippen molar-refractivity contribution in [1.29, 1.82) is 5.26 Å². The highest BCUT2D eigenvalue weighted by molar-refractivity contribution is 6.21. The molecule has 2 aromatic carbocycles. The van der Waals surface area contributed by atoms with Crippen molar-refractivity contribution in [2.75, 3.05) is 0 Å². The molecule has 150 valence electrons. The minimum Gasteiger partial charge on any atom is -0.478 e. The normalized spacial score (nSPS) is 15.2. The van der Waals surface area contributed by atoms with Gasteiger partial charge in [-0.05, 0) is 41.5 Å². The van der Waals surface area contributed by atoms with Crippen LogP contribution in [0.4, 0.5) is 0 Å². The number of primary amides is 1. The van der Waals surface area contributed by atoms with Crippen LogP contribution in [0.5, 0.6) is 0 Å². The van der Waals surface area contributed by atoms with E-state index in [1.165, 1.54) is 24.3 Å². The van der Waals surface area contributed by atoms with Gasteiger partial charge < -0.3 is 21.6 Å². The summed E-state index contributed by atoms with van der Waals surface area (Å²) >= 11 is 0. The molecule has 1 heterocycles. The summed E-state index contributed by atoms with van der Waals surface area (Å²) in [7, 11) is 0. The first kappa shape index (κ1) is 19.4. The van der Waals surface area contributed by atoms with Crippen LogP contribution in [0.2, 0.25) is 0 Å². The highest BCUT2D eigenvalue weighted by Crippen LogP contribution is 2.45. The summed E-state index contributed by atoms with van der Waals surface area (Å²) in [4.78, 5) is 39.9. The Kier molecular flexibility index (Phi) is 4.05. The fraction of sp³-hybridized carbons (Fsp3) is 0.182. The summed E-state index contributed by atoms with van der Waals surface area (Å²) in [5.74, 6) is -2.18. The first-order valence-corrected chi connectivity index (χ1v) is 9.15. The number of carboxylic acid groups (broad SMARTS) is 1. The van der Waals surface area contributed by atoms with Crippen LogP contribution in [-0.4, -0.2) is 27.8 Å². The van der Waals surface area contributed by atoms with E-state index in [-0.39, 0.29) is 16.9 Å². The molecule has 1 amide bonds. The Morgan fingerprint density at radius 2 is 1.93 bits per heavy atom. The number of aromatic carboxylic acids is 1. The number of nitrogens with one attached hydrogen (secondary N) is 1. The number of nitrogens with two attached hydrogens (primary N) is 2. The van der Waals surface area contributed by atoms with Crippen molar-refractivity contribution in [2.24, 2.45) is 11.5 Å². The smallest absolute Gasteiger partial charge is 0.335 e. The topological polar surface area (TPSA) is 163 Å². The molecule has 0 aliphatic heterocycles. The number of nitriles is 1. The Morgan fingerprint density at radius 3 is 2.53 bits per heavy atom. The van der Waals surface area contributed by atoms with Crippen LogP contribution in [-0.2, 0) is 10.2 Å². The van der Waals surface area contributed by atoms with Crippen molar-refractivity contribution in [2.45, 2.75) is 25.3 Å². The lowest BCUT2D eigenvalue weighted by Crippen LogP contribution is -2.31. The van der Waals surface area contributed by atoms with Gasteiger partial charge in [-0.1, -0.05) is 13.8 Å². The third-order valence-electron chi connectivity index (χ3n) is 5.74. The average Bonchev–Trinajstić information content (AvgIpc) is 3.11. The van der Waals surface area contributed by atoms with E-state index in [2.05, 4.69) is 4.98 Å². The van der Waals surface area contributed by atoms with E-state index in [1.54, 1.807) is 6.07 Å². The number of nitrogens with zero attached hydrogens (tertiary/aromatic N) is 1. The van der Waals surface area contributed by atoms with E-state index in [0.29, 0.717) is 38.9 Å². The highest BCUT2D eigenvalue weighted by atomic mass is 16.4. The monoisotopic (exact) mass is 402 g/mol. The SMILES string of the molecule is CC1(C)c2cc(C(=O)O)ccc2C(=O)c2c1[nH]c1cc(C#N)cc(C(N)C(N)=O)c21. The van der Waals surface area contributed by atoms with Gasteiger partial charge in [0.1, 0.15) is 6.04 Å². The minimum absolute atomic E-state index is 0.0809. The second-order valence-corrected chi connectivity index (χ2v) is 7.87. The quantitative estimate of drug-likeness (QED) is 0.524. The number of amides is 1. The summed E-state index contributed by atoms with van der Waals surface area (Å²) in [6.07, 6.45) is 0. The molecule has 0 bridgehead atoms. The summed E-state index contributed by atoms with van der Waals surface area (Å²) in [5, 5.41) is 19.2. The lowest BCUT2D eigenvalue weighted by atomic mass is 9.70. The van der Waals surface area contributed by atoms with Crippen molar-refractivity contribution >= 4 is 28.6 Å². The first-order chi connectivity index (χ1) is 14.1.